The minimum absolute atomic E-state index is 0.00217. The molecule has 270 valence electrons. The van der Waals surface area contributed by atoms with E-state index in [0.717, 1.165) is 22.3 Å². The summed E-state index contributed by atoms with van der Waals surface area (Å²) in [5.74, 6) is -0.500. The zero-order valence-corrected chi connectivity index (χ0v) is 31.5. The second kappa shape index (κ2) is 18.6. The van der Waals surface area contributed by atoms with Gasteiger partial charge in [-0.2, -0.15) is 0 Å². The first-order valence-corrected chi connectivity index (χ1v) is 18.1. The standard InChI is InChI=1S/C45H56N2O4/c1-9-29-46(34(4)37-21-15-11-16-22-37)41(31-44(49)51-45(6,7)8)39-25-27-40(28-26-39)42(30-43(48)50-33(2)3)47(32-36-19-13-10-14-20-36)35(5)38-23-17-12-18-24-38/h9-28,33-35,41-42H,1,29-32H2,2-8H3/t34-,35-,41+,42+/m1/s1. The Labute approximate surface area is 306 Å². The van der Waals surface area contributed by atoms with E-state index in [-0.39, 0.29) is 55.1 Å². The fourth-order valence-corrected chi connectivity index (χ4v) is 6.67. The predicted octanol–water partition coefficient (Wildman–Crippen LogP) is 10.4. The van der Waals surface area contributed by atoms with Crippen LogP contribution in [0.3, 0.4) is 0 Å². The van der Waals surface area contributed by atoms with Crippen molar-refractivity contribution in [2.75, 3.05) is 6.54 Å². The van der Waals surface area contributed by atoms with Gasteiger partial charge in [-0.15, -0.1) is 6.58 Å². The molecule has 4 aromatic carbocycles. The van der Waals surface area contributed by atoms with Crippen LogP contribution in [0.2, 0.25) is 0 Å². The van der Waals surface area contributed by atoms with E-state index in [4.69, 9.17) is 9.47 Å². The highest BCUT2D eigenvalue weighted by molar-refractivity contribution is 5.71. The van der Waals surface area contributed by atoms with Crippen LogP contribution in [0.1, 0.15) is 113 Å². The molecule has 0 aliphatic heterocycles. The average molecular weight is 689 g/mol. The van der Waals surface area contributed by atoms with Crippen LogP contribution < -0.4 is 0 Å². The first kappa shape index (κ1) is 39.3. The van der Waals surface area contributed by atoms with E-state index in [1.54, 1.807) is 0 Å². The number of ether oxygens (including phenoxy) is 2. The molecular formula is C45H56N2O4. The topological polar surface area (TPSA) is 59.1 Å². The summed E-state index contributed by atoms with van der Waals surface area (Å²) in [6, 6.07) is 39.0. The molecule has 0 aliphatic carbocycles. The third kappa shape index (κ3) is 11.8. The van der Waals surface area contributed by atoms with Gasteiger partial charge in [0, 0.05) is 37.3 Å². The Morgan fingerprint density at radius 1 is 0.627 bits per heavy atom. The van der Waals surface area contributed by atoms with Crippen LogP contribution in [0.25, 0.3) is 0 Å². The van der Waals surface area contributed by atoms with Gasteiger partial charge in [0.1, 0.15) is 5.60 Å². The van der Waals surface area contributed by atoms with Gasteiger partial charge in [0.05, 0.1) is 18.9 Å². The van der Waals surface area contributed by atoms with E-state index in [9.17, 15) is 9.59 Å². The number of rotatable bonds is 17. The summed E-state index contributed by atoms with van der Waals surface area (Å²) in [6.07, 6.45) is 2.04. The lowest BCUT2D eigenvalue weighted by molar-refractivity contribution is -0.156. The highest BCUT2D eigenvalue weighted by Crippen LogP contribution is 2.38. The molecule has 0 saturated heterocycles. The molecule has 4 rings (SSSR count). The van der Waals surface area contributed by atoms with Gasteiger partial charge < -0.3 is 9.47 Å². The Morgan fingerprint density at radius 3 is 1.51 bits per heavy atom. The third-order valence-corrected chi connectivity index (χ3v) is 9.12. The molecule has 0 aliphatic rings. The second-order valence-corrected chi connectivity index (χ2v) is 14.5. The number of carbonyl (C=O) groups excluding carboxylic acids is 2. The normalized spacial score (nSPS) is 14.2. The Bertz CT molecular complexity index is 1650. The van der Waals surface area contributed by atoms with Crippen LogP contribution in [-0.2, 0) is 25.6 Å². The van der Waals surface area contributed by atoms with Crippen LogP contribution in [0.5, 0.6) is 0 Å². The van der Waals surface area contributed by atoms with E-state index >= 15 is 0 Å². The Kier molecular flexibility index (Phi) is 14.4. The number of benzene rings is 4. The molecule has 4 aromatic rings. The van der Waals surface area contributed by atoms with Crippen molar-refractivity contribution in [3.8, 4) is 0 Å². The van der Waals surface area contributed by atoms with Crippen molar-refractivity contribution in [1.82, 2.24) is 9.80 Å². The fraction of sp³-hybridized carbons (Fsp3) is 0.378. The molecular weight excluding hydrogens is 633 g/mol. The van der Waals surface area contributed by atoms with Crippen molar-refractivity contribution in [2.24, 2.45) is 0 Å². The molecule has 0 unspecified atom stereocenters. The molecule has 6 heteroatoms. The Balaban J connectivity index is 1.79. The van der Waals surface area contributed by atoms with Crippen LogP contribution in [-0.4, -0.2) is 40.0 Å². The quantitative estimate of drug-likeness (QED) is 0.0813. The minimum Gasteiger partial charge on any atom is -0.463 e. The molecule has 0 aromatic heterocycles. The van der Waals surface area contributed by atoms with Gasteiger partial charge in [0.25, 0.3) is 0 Å². The predicted molar refractivity (Wildman–Crippen MR) is 207 cm³/mol. The molecule has 0 fully saturated rings. The number of esters is 2. The van der Waals surface area contributed by atoms with Crippen molar-refractivity contribution < 1.29 is 19.1 Å². The average Bonchev–Trinajstić information content (AvgIpc) is 3.11. The van der Waals surface area contributed by atoms with Crippen molar-refractivity contribution in [1.29, 1.82) is 0 Å². The zero-order valence-electron chi connectivity index (χ0n) is 31.5. The zero-order chi connectivity index (χ0) is 37.0. The molecule has 0 spiro atoms. The lowest BCUT2D eigenvalue weighted by Gasteiger charge is -2.38. The second-order valence-electron chi connectivity index (χ2n) is 14.5. The van der Waals surface area contributed by atoms with E-state index in [1.165, 1.54) is 5.56 Å². The maximum absolute atomic E-state index is 13.4. The van der Waals surface area contributed by atoms with E-state index in [2.05, 4.69) is 103 Å². The first-order chi connectivity index (χ1) is 24.4. The summed E-state index contributed by atoms with van der Waals surface area (Å²) in [5, 5.41) is 0. The number of hydrogen-bond donors (Lipinski definition) is 0. The Hall–Kier alpha value is -4.52. The van der Waals surface area contributed by atoms with Gasteiger partial charge >= 0.3 is 11.9 Å². The lowest BCUT2D eigenvalue weighted by Crippen LogP contribution is -2.35. The third-order valence-electron chi connectivity index (χ3n) is 9.12. The number of nitrogens with zero attached hydrogens (tertiary/aromatic N) is 2. The maximum atomic E-state index is 13.4. The summed E-state index contributed by atoms with van der Waals surface area (Å²) in [6.45, 7) is 19.1. The van der Waals surface area contributed by atoms with Crippen molar-refractivity contribution in [2.45, 2.75) is 104 Å². The molecule has 0 saturated carbocycles. The van der Waals surface area contributed by atoms with Crippen molar-refractivity contribution in [3.63, 3.8) is 0 Å². The van der Waals surface area contributed by atoms with Crippen LogP contribution in [0.4, 0.5) is 0 Å². The number of carbonyl (C=O) groups is 2. The van der Waals surface area contributed by atoms with Crippen molar-refractivity contribution >= 4 is 11.9 Å². The highest BCUT2D eigenvalue weighted by atomic mass is 16.6. The summed E-state index contributed by atoms with van der Waals surface area (Å²) in [7, 11) is 0. The van der Waals surface area contributed by atoms with Gasteiger partial charge in [0.15, 0.2) is 0 Å². The van der Waals surface area contributed by atoms with Gasteiger partial charge in [-0.25, -0.2) is 0 Å². The number of hydrogen-bond acceptors (Lipinski definition) is 6. The van der Waals surface area contributed by atoms with Gasteiger partial charge in [-0.3, -0.25) is 19.4 Å². The molecule has 0 radical (unpaired) electrons. The maximum Gasteiger partial charge on any atom is 0.308 e. The summed E-state index contributed by atoms with van der Waals surface area (Å²) >= 11 is 0. The fourth-order valence-electron chi connectivity index (χ4n) is 6.67. The molecule has 6 nitrogen and oxygen atoms in total. The molecule has 0 heterocycles. The van der Waals surface area contributed by atoms with Gasteiger partial charge in [-0.1, -0.05) is 121 Å². The van der Waals surface area contributed by atoms with Crippen molar-refractivity contribution in [3.05, 3.63) is 156 Å². The van der Waals surface area contributed by atoms with Gasteiger partial charge in [-0.05, 0) is 76.3 Å². The lowest BCUT2D eigenvalue weighted by atomic mass is 9.93. The first-order valence-electron chi connectivity index (χ1n) is 18.1. The SMILES string of the molecule is C=CCN([C@H](C)c1ccccc1)[C@@H](CC(=O)OC(C)(C)C)c1ccc([C@H](CC(=O)OC(C)C)N(Cc2ccccc2)[C@H](C)c2ccccc2)cc1. The smallest absolute Gasteiger partial charge is 0.308 e. The van der Waals surface area contributed by atoms with Crippen LogP contribution in [0.15, 0.2) is 128 Å². The van der Waals surface area contributed by atoms with E-state index in [1.807, 2.05) is 83.2 Å². The summed E-state index contributed by atoms with van der Waals surface area (Å²) in [5.41, 5.74) is 4.87. The largest absolute Gasteiger partial charge is 0.463 e. The molecule has 0 amide bonds. The molecule has 0 N–H and O–H groups in total. The van der Waals surface area contributed by atoms with E-state index in [0.29, 0.717) is 13.1 Å². The van der Waals surface area contributed by atoms with Crippen LogP contribution >= 0.6 is 0 Å². The summed E-state index contributed by atoms with van der Waals surface area (Å²) in [4.78, 5) is 31.5. The van der Waals surface area contributed by atoms with Gasteiger partial charge in [0.2, 0.25) is 0 Å². The minimum atomic E-state index is -0.602. The monoisotopic (exact) mass is 688 g/mol. The molecule has 4 atom stereocenters. The highest BCUT2D eigenvalue weighted by Gasteiger charge is 2.32. The molecule has 51 heavy (non-hydrogen) atoms. The summed E-state index contributed by atoms with van der Waals surface area (Å²) < 4.78 is 11.6. The van der Waals surface area contributed by atoms with E-state index < -0.39 is 5.60 Å². The Morgan fingerprint density at radius 2 is 1.06 bits per heavy atom. The molecule has 0 bridgehead atoms. The van der Waals surface area contributed by atoms with Crippen LogP contribution in [0, 0.1) is 0 Å².